The lowest BCUT2D eigenvalue weighted by molar-refractivity contribution is -0.384. The maximum absolute atomic E-state index is 12.2. The van der Waals surface area contributed by atoms with Gasteiger partial charge in [0.2, 0.25) is 0 Å². The van der Waals surface area contributed by atoms with E-state index in [1.165, 1.54) is 23.7 Å². The molecule has 0 radical (unpaired) electrons. The Morgan fingerprint density at radius 1 is 1.38 bits per heavy atom. The van der Waals surface area contributed by atoms with Crippen LogP contribution in [0.1, 0.15) is 0 Å². The van der Waals surface area contributed by atoms with Crippen molar-refractivity contribution < 1.29 is 9.72 Å². The molecular formula is C16H11N5O3S2. The first-order valence-electron chi connectivity index (χ1n) is 7.52. The number of rotatable bonds is 3. The predicted molar refractivity (Wildman–Crippen MR) is 101 cm³/mol. The minimum atomic E-state index is -0.497. The molecule has 0 saturated carbocycles. The fourth-order valence-electron chi connectivity index (χ4n) is 2.46. The molecule has 0 unspecified atom stereocenters. The molecule has 26 heavy (non-hydrogen) atoms. The van der Waals surface area contributed by atoms with Gasteiger partial charge in [0.25, 0.3) is 11.6 Å². The Morgan fingerprint density at radius 3 is 3.08 bits per heavy atom. The lowest BCUT2D eigenvalue weighted by Crippen LogP contribution is -2.29. The summed E-state index contributed by atoms with van der Waals surface area (Å²) in [6, 6.07) is 6.15. The van der Waals surface area contributed by atoms with E-state index in [9.17, 15) is 14.9 Å². The van der Waals surface area contributed by atoms with E-state index in [1.54, 1.807) is 24.5 Å². The van der Waals surface area contributed by atoms with Gasteiger partial charge in [0.1, 0.15) is 5.69 Å². The van der Waals surface area contributed by atoms with Crippen molar-refractivity contribution >= 4 is 58.0 Å². The summed E-state index contributed by atoms with van der Waals surface area (Å²) in [5.41, 5.74) is 0.0946. The summed E-state index contributed by atoms with van der Waals surface area (Å²) in [5.74, 6) is -0.282. The monoisotopic (exact) mass is 385 g/mol. The number of aromatic nitrogens is 1. The molecule has 0 bridgehead atoms. The van der Waals surface area contributed by atoms with Gasteiger partial charge in [-0.1, -0.05) is 12.1 Å². The van der Waals surface area contributed by atoms with Crippen LogP contribution in [-0.4, -0.2) is 31.8 Å². The number of hydrogen-bond donors (Lipinski definition) is 1. The van der Waals surface area contributed by atoms with Gasteiger partial charge in [0.05, 0.1) is 14.4 Å². The number of thioether (sulfide) groups is 1. The van der Waals surface area contributed by atoms with Crippen LogP contribution in [0.3, 0.4) is 0 Å². The molecule has 10 heteroatoms. The van der Waals surface area contributed by atoms with Crippen LogP contribution in [0.25, 0.3) is 12.3 Å². The third kappa shape index (κ3) is 3.24. The van der Waals surface area contributed by atoms with Gasteiger partial charge in [-0.05, 0) is 35.4 Å². The van der Waals surface area contributed by atoms with Crippen LogP contribution in [0.15, 0.2) is 46.6 Å². The zero-order valence-electron chi connectivity index (χ0n) is 13.2. The largest absolute Gasteiger partial charge is 0.348 e. The fourth-order valence-corrected chi connectivity index (χ4v) is 3.93. The Bertz CT molecular complexity index is 1090. The highest BCUT2D eigenvalue weighted by atomic mass is 32.2. The number of hydrogen-bond acceptors (Lipinski definition) is 8. The van der Waals surface area contributed by atoms with Crippen molar-refractivity contribution in [3.63, 3.8) is 0 Å². The van der Waals surface area contributed by atoms with E-state index >= 15 is 0 Å². The number of nitrogens with one attached hydrogen (secondary N) is 1. The summed E-state index contributed by atoms with van der Waals surface area (Å²) in [5, 5.41) is 15.0. The number of amidine groups is 1. The van der Waals surface area contributed by atoms with E-state index in [1.807, 2.05) is 17.2 Å². The quantitative estimate of drug-likeness (QED) is 0.485. The first kappa shape index (κ1) is 16.5. The van der Waals surface area contributed by atoms with Gasteiger partial charge >= 0.3 is 0 Å². The number of nitrogens with zero attached hydrogens (tertiary/aromatic N) is 4. The van der Waals surface area contributed by atoms with Gasteiger partial charge in [-0.25, -0.2) is 4.99 Å². The second-order valence-corrected chi connectivity index (χ2v) is 7.25. The van der Waals surface area contributed by atoms with Gasteiger partial charge in [0, 0.05) is 36.4 Å². The van der Waals surface area contributed by atoms with Crippen LogP contribution in [0, 0.1) is 10.1 Å². The molecule has 8 nitrogen and oxygen atoms in total. The van der Waals surface area contributed by atoms with Crippen molar-refractivity contribution in [1.82, 2.24) is 14.6 Å². The number of carbonyl (C=O) groups is 1. The van der Waals surface area contributed by atoms with Crippen molar-refractivity contribution in [3.8, 4) is 0 Å². The third-order valence-corrected chi connectivity index (χ3v) is 5.36. The lowest BCUT2D eigenvalue weighted by Gasteiger charge is -2.15. The Hall–Kier alpha value is -2.98. The van der Waals surface area contributed by atoms with E-state index < -0.39 is 4.92 Å². The number of aliphatic imine (C=N–C) groups is 1. The van der Waals surface area contributed by atoms with E-state index in [2.05, 4.69) is 14.7 Å². The molecule has 1 amide bonds. The molecule has 2 aliphatic heterocycles. The topological polar surface area (TPSA) is 101 Å². The number of nitro benzene ring substituents is 1. The number of nitro groups is 1. The Kier molecular flexibility index (Phi) is 4.27. The molecule has 1 saturated heterocycles. The molecule has 1 N–H and O–H groups in total. The molecule has 1 aromatic carbocycles. The van der Waals surface area contributed by atoms with Crippen molar-refractivity contribution in [1.29, 1.82) is 0 Å². The second kappa shape index (κ2) is 6.73. The Balaban J connectivity index is 1.59. The van der Waals surface area contributed by atoms with Gasteiger partial charge in [-0.2, -0.15) is 4.37 Å². The van der Waals surface area contributed by atoms with Gasteiger partial charge in [-0.15, -0.1) is 0 Å². The third-order valence-electron chi connectivity index (χ3n) is 3.65. The molecule has 2 aromatic rings. The van der Waals surface area contributed by atoms with E-state index in [0.29, 0.717) is 16.6 Å². The predicted octanol–water partition coefficient (Wildman–Crippen LogP) is 1.28. The molecular weight excluding hydrogens is 374 g/mol. The van der Waals surface area contributed by atoms with Crippen LogP contribution in [0.4, 0.5) is 11.4 Å². The zero-order valence-corrected chi connectivity index (χ0v) is 14.8. The molecule has 130 valence electrons. The van der Waals surface area contributed by atoms with Crippen molar-refractivity contribution in [2.45, 2.75) is 0 Å². The van der Waals surface area contributed by atoms with Crippen molar-refractivity contribution in [2.75, 3.05) is 6.54 Å². The summed E-state index contributed by atoms with van der Waals surface area (Å²) in [4.78, 5) is 29.4. The molecule has 1 aromatic heterocycles. The summed E-state index contributed by atoms with van der Waals surface area (Å²) < 4.78 is 5.25. The molecule has 2 aliphatic rings. The summed E-state index contributed by atoms with van der Waals surface area (Å²) in [6.45, 7) is 0.642. The first-order valence-corrected chi connectivity index (χ1v) is 9.11. The standard InChI is InChI=1S/C16H11N5O3S2/c22-15-14(9-20-6-5-13-10(8-20)7-17-26-13)25-16(19-15)18-11-3-1-2-4-12(11)21(23)24/h1-5,7-9H,6H2,(H,18,19,22). The molecule has 4 rings (SSSR count). The van der Waals surface area contributed by atoms with E-state index in [0.717, 1.165) is 21.5 Å². The zero-order chi connectivity index (χ0) is 18.1. The number of para-hydroxylation sites is 2. The average molecular weight is 385 g/mol. The Morgan fingerprint density at radius 2 is 2.23 bits per heavy atom. The highest BCUT2D eigenvalue weighted by Gasteiger charge is 2.25. The summed E-state index contributed by atoms with van der Waals surface area (Å²) in [6.07, 6.45) is 7.49. The number of benzene rings is 1. The van der Waals surface area contributed by atoms with Gasteiger partial charge in [-0.3, -0.25) is 14.9 Å². The van der Waals surface area contributed by atoms with E-state index in [4.69, 9.17) is 0 Å². The molecule has 0 aliphatic carbocycles. The summed E-state index contributed by atoms with van der Waals surface area (Å²) in [7, 11) is 0. The minimum absolute atomic E-state index is 0.108. The minimum Gasteiger partial charge on any atom is -0.348 e. The Labute approximate surface area is 155 Å². The van der Waals surface area contributed by atoms with Crippen LogP contribution in [-0.2, 0) is 4.79 Å². The molecule has 3 heterocycles. The highest BCUT2D eigenvalue weighted by molar-refractivity contribution is 8.18. The van der Waals surface area contributed by atoms with Crippen molar-refractivity contribution in [3.05, 3.63) is 61.4 Å². The maximum atomic E-state index is 12.2. The van der Waals surface area contributed by atoms with Crippen molar-refractivity contribution in [2.24, 2.45) is 4.99 Å². The number of amides is 1. The van der Waals surface area contributed by atoms with Crippen LogP contribution in [0.2, 0.25) is 0 Å². The smallest absolute Gasteiger partial charge is 0.294 e. The summed E-state index contributed by atoms with van der Waals surface area (Å²) >= 11 is 2.58. The van der Waals surface area contributed by atoms with Crippen LogP contribution in [0.5, 0.6) is 0 Å². The highest BCUT2D eigenvalue weighted by Crippen LogP contribution is 2.31. The lowest BCUT2D eigenvalue weighted by atomic mass is 10.3. The SMILES string of the molecule is O=C1NC(=Nc2ccccc2[N+](=O)[O-])SC1=CN1C=c2cnsc2=CC1. The normalized spacial score (nSPS) is 19.1. The molecule has 0 atom stereocenters. The average Bonchev–Trinajstić information content (AvgIpc) is 3.21. The van der Waals surface area contributed by atoms with Gasteiger partial charge < -0.3 is 10.2 Å². The number of fused-ring (bicyclic) bond motifs is 1. The van der Waals surface area contributed by atoms with E-state index in [-0.39, 0.29) is 17.3 Å². The maximum Gasteiger partial charge on any atom is 0.294 e. The van der Waals surface area contributed by atoms with Gasteiger partial charge in [0.15, 0.2) is 5.17 Å². The molecule has 1 fully saturated rings. The van der Waals surface area contributed by atoms with Crippen LogP contribution >= 0.6 is 23.3 Å². The van der Waals surface area contributed by atoms with Crippen LogP contribution < -0.4 is 15.1 Å². The number of carbonyl (C=O) groups excluding carboxylic acids is 1. The second-order valence-electron chi connectivity index (χ2n) is 5.39. The fraction of sp³-hybridized carbons (Fsp3) is 0.0625. The first-order chi connectivity index (χ1) is 12.6. The molecule has 0 spiro atoms.